The zero-order valence-electron chi connectivity index (χ0n) is 23.5. The topological polar surface area (TPSA) is 110 Å². The van der Waals surface area contributed by atoms with Crippen LogP contribution in [0, 0.1) is 17.7 Å². The first-order chi connectivity index (χ1) is 18.2. The molecule has 4 rings (SSSR count). The zero-order chi connectivity index (χ0) is 28.5. The highest BCUT2D eigenvalue weighted by Gasteiger charge is 2.39. The molecule has 1 amide bonds. The standard InChI is InChI=1S/C28H39FN4O5S/c1-17(2)15-38-23-11-20(10-21(29)12-23)25-8-7-24(26(30-25)33-14-18(3)13-28(33,5)6)27(34)32-39(35,36)31-22-9-19(4)37-16-22/h7-8,10-12,17-19,22,31H,9,13-16H2,1-6H3,(H,32,34)/t18-,19?,22?/m0/s1. The van der Waals surface area contributed by atoms with E-state index in [0.29, 0.717) is 48.3 Å². The number of ether oxygens (including phenoxy) is 2. The van der Waals surface area contributed by atoms with Crippen LogP contribution in [0.1, 0.15) is 64.7 Å². The van der Waals surface area contributed by atoms with Gasteiger partial charge < -0.3 is 14.4 Å². The Morgan fingerprint density at radius 2 is 2.00 bits per heavy atom. The van der Waals surface area contributed by atoms with Gasteiger partial charge in [0.15, 0.2) is 0 Å². The number of nitrogens with zero attached hydrogens (tertiary/aromatic N) is 2. The number of anilines is 1. The lowest BCUT2D eigenvalue weighted by Gasteiger charge is -2.34. The van der Waals surface area contributed by atoms with Gasteiger partial charge in [-0.1, -0.05) is 20.8 Å². The fourth-order valence-electron chi connectivity index (χ4n) is 5.33. The van der Waals surface area contributed by atoms with E-state index in [1.807, 2.05) is 25.7 Å². The van der Waals surface area contributed by atoms with Crippen LogP contribution in [0.2, 0.25) is 0 Å². The molecular weight excluding hydrogens is 523 g/mol. The Hall–Kier alpha value is -2.76. The van der Waals surface area contributed by atoms with Gasteiger partial charge in [0.2, 0.25) is 0 Å². The van der Waals surface area contributed by atoms with Gasteiger partial charge in [-0.3, -0.25) is 4.79 Å². The number of pyridine rings is 1. The number of aromatic nitrogens is 1. The first kappa shape index (κ1) is 29.2. The second-order valence-electron chi connectivity index (χ2n) is 11.8. The Labute approximate surface area is 230 Å². The van der Waals surface area contributed by atoms with Crippen molar-refractivity contribution in [2.45, 2.75) is 72.1 Å². The van der Waals surface area contributed by atoms with Crippen molar-refractivity contribution in [2.75, 3.05) is 24.7 Å². The number of hydrogen-bond donors (Lipinski definition) is 2. The molecular formula is C28H39FN4O5S. The van der Waals surface area contributed by atoms with Crippen molar-refractivity contribution in [3.63, 3.8) is 0 Å². The van der Waals surface area contributed by atoms with E-state index in [1.54, 1.807) is 18.2 Å². The SMILES string of the molecule is CC(C)COc1cc(F)cc(-c2ccc(C(=O)NS(=O)(=O)NC3COC(C)C3)c(N3C[C@@H](C)CC3(C)C)n2)c1. The van der Waals surface area contributed by atoms with Gasteiger partial charge in [-0.2, -0.15) is 13.1 Å². The lowest BCUT2D eigenvalue weighted by Crippen LogP contribution is -2.46. The summed E-state index contributed by atoms with van der Waals surface area (Å²) in [4.78, 5) is 20.2. The molecule has 2 aromatic rings. The molecule has 1 aromatic heterocycles. The third-order valence-electron chi connectivity index (χ3n) is 6.95. The smallest absolute Gasteiger partial charge is 0.301 e. The molecule has 0 radical (unpaired) electrons. The molecule has 2 fully saturated rings. The summed E-state index contributed by atoms with van der Waals surface area (Å²) >= 11 is 0. The Morgan fingerprint density at radius 1 is 1.26 bits per heavy atom. The Kier molecular flexibility index (Phi) is 8.53. The van der Waals surface area contributed by atoms with Crippen LogP contribution in [0.15, 0.2) is 30.3 Å². The summed E-state index contributed by atoms with van der Waals surface area (Å²) in [6.07, 6.45) is 1.33. The number of amides is 1. The lowest BCUT2D eigenvalue weighted by atomic mass is 9.97. The van der Waals surface area contributed by atoms with E-state index in [1.165, 1.54) is 12.1 Å². The molecule has 3 heterocycles. The second kappa shape index (κ2) is 11.4. The monoisotopic (exact) mass is 562 g/mol. The molecule has 9 nitrogen and oxygen atoms in total. The number of benzene rings is 1. The van der Waals surface area contributed by atoms with Crippen molar-refractivity contribution >= 4 is 21.9 Å². The quantitative estimate of drug-likeness (QED) is 0.469. The van der Waals surface area contributed by atoms with E-state index in [4.69, 9.17) is 14.5 Å². The second-order valence-corrected chi connectivity index (χ2v) is 13.3. The normalized spacial score (nSPS) is 22.9. The van der Waals surface area contributed by atoms with Crippen molar-refractivity contribution < 1.29 is 27.1 Å². The maximum atomic E-state index is 14.5. The van der Waals surface area contributed by atoms with Crippen LogP contribution in [-0.4, -0.2) is 56.8 Å². The van der Waals surface area contributed by atoms with Crippen molar-refractivity contribution in [1.82, 2.24) is 14.4 Å². The van der Waals surface area contributed by atoms with Crippen LogP contribution < -0.4 is 19.1 Å². The van der Waals surface area contributed by atoms with Crippen LogP contribution in [-0.2, 0) is 14.9 Å². The molecule has 2 unspecified atom stereocenters. The molecule has 1 aromatic carbocycles. The van der Waals surface area contributed by atoms with Crippen molar-refractivity contribution in [1.29, 1.82) is 0 Å². The zero-order valence-corrected chi connectivity index (χ0v) is 24.3. The van der Waals surface area contributed by atoms with E-state index in [2.05, 4.69) is 30.2 Å². The summed E-state index contributed by atoms with van der Waals surface area (Å²) in [6.45, 7) is 13.4. The molecule has 2 saturated heterocycles. The minimum atomic E-state index is -4.14. The molecule has 0 spiro atoms. The molecule has 0 saturated carbocycles. The van der Waals surface area contributed by atoms with Gasteiger partial charge in [0, 0.05) is 29.8 Å². The van der Waals surface area contributed by atoms with Crippen LogP contribution in [0.5, 0.6) is 5.75 Å². The van der Waals surface area contributed by atoms with E-state index in [9.17, 15) is 17.6 Å². The molecule has 2 N–H and O–H groups in total. The van der Waals surface area contributed by atoms with Gasteiger partial charge >= 0.3 is 10.2 Å². The largest absolute Gasteiger partial charge is 0.493 e. The Bertz CT molecular complexity index is 1320. The molecule has 39 heavy (non-hydrogen) atoms. The van der Waals surface area contributed by atoms with Crippen LogP contribution >= 0.6 is 0 Å². The fourth-order valence-corrected chi connectivity index (χ4v) is 6.35. The molecule has 0 bridgehead atoms. The minimum Gasteiger partial charge on any atom is -0.493 e. The fraction of sp³-hybridized carbons (Fsp3) is 0.571. The highest BCUT2D eigenvalue weighted by atomic mass is 32.2. The Balaban J connectivity index is 1.68. The number of hydrogen-bond acceptors (Lipinski definition) is 7. The van der Waals surface area contributed by atoms with Gasteiger partial charge in [-0.25, -0.2) is 14.1 Å². The van der Waals surface area contributed by atoms with Crippen LogP contribution in [0.4, 0.5) is 10.2 Å². The number of carbonyl (C=O) groups is 1. The number of halogens is 1. The summed E-state index contributed by atoms with van der Waals surface area (Å²) < 4.78 is 55.9. The molecule has 11 heteroatoms. The summed E-state index contributed by atoms with van der Waals surface area (Å²) in [5.74, 6) is 0.0889. The summed E-state index contributed by atoms with van der Waals surface area (Å²) in [5, 5.41) is 0. The molecule has 0 aliphatic carbocycles. The molecule has 3 atom stereocenters. The minimum absolute atomic E-state index is 0.0600. The maximum absolute atomic E-state index is 14.5. The van der Waals surface area contributed by atoms with Crippen LogP contribution in [0.25, 0.3) is 11.3 Å². The Morgan fingerprint density at radius 3 is 2.62 bits per heavy atom. The number of rotatable bonds is 9. The molecule has 214 valence electrons. The highest BCUT2D eigenvalue weighted by Crippen LogP contribution is 2.38. The predicted octanol–water partition coefficient (Wildman–Crippen LogP) is 4.29. The van der Waals surface area contributed by atoms with E-state index < -0.39 is 28.0 Å². The van der Waals surface area contributed by atoms with Crippen molar-refractivity contribution in [3.05, 3.63) is 41.7 Å². The van der Waals surface area contributed by atoms with Gasteiger partial charge in [-0.15, -0.1) is 0 Å². The van der Waals surface area contributed by atoms with E-state index in [0.717, 1.165) is 6.42 Å². The molecule has 2 aliphatic heterocycles. The lowest BCUT2D eigenvalue weighted by molar-refractivity contribution is 0.0980. The van der Waals surface area contributed by atoms with Crippen molar-refractivity contribution in [2.24, 2.45) is 11.8 Å². The number of carbonyl (C=O) groups excluding carboxylic acids is 1. The summed E-state index contributed by atoms with van der Waals surface area (Å²) in [5.41, 5.74) is 0.734. The van der Waals surface area contributed by atoms with Crippen LogP contribution in [0.3, 0.4) is 0 Å². The highest BCUT2D eigenvalue weighted by molar-refractivity contribution is 7.88. The predicted molar refractivity (Wildman–Crippen MR) is 149 cm³/mol. The van der Waals surface area contributed by atoms with Gasteiger partial charge in [-0.05, 0) is 69.7 Å². The third kappa shape index (κ3) is 7.26. The maximum Gasteiger partial charge on any atom is 0.301 e. The van der Waals surface area contributed by atoms with Gasteiger partial charge in [0.05, 0.1) is 30.6 Å². The average molecular weight is 563 g/mol. The average Bonchev–Trinajstić information content (AvgIpc) is 3.35. The van der Waals surface area contributed by atoms with Gasteiger partial charge in [0.25, 0.3) is 5.91 Å². The number of nitrogens with one attached hydrogen (secondary N) is 2. The summed E-state index contributed by atoms with van der Waals surface area (Å²) in [7, 11) is -4.14. The summed E-state index contributed by atoms with van der Waals surface area (Å²) in [6, 6.07) is 7.14. The van der Waals surface area contributed by atoms with Crippen molar-refractivity contribution in [3.8, 4) is 17.0 Å². The van der Waals surface area contributed by atoms with E-state index in [-0.39, 0.29) is 29.7 Å². The first-order valence-corrected chi connectivity index (χ1v) is 14.9. The third-order valence-corrected chi connectivity index (χ3v) is 8.04. The van der Waals surface area contributed by atoms with Gasteiger partial charge in [0.1, 0.15) is 17.4 Å². The van der Waals surface area contributed by atoms with E-state index >= 15 is 0 Å². The first-order valence-electron chi connectivity index (χ1n) is 13.4. The molecule has 2 aliphatic rings.